The van der Waals surface area contributed by atoms with E-state index in [9.17, 15) is 13.2 Å². The Morgan fingerprint density at radius 3 is 2.22 bits per heavy atom. The molecular formula is C12H13NO4S. The topological polar surface area (TPSA) is 74.7 Å². The fourth-order valence-corrected chi connectivity index (χ4v) is 2.87. The molecule has 1 aromatic carbocycles. The number of carbonyl (C=O) groups is 1. The highest BCUT2D eigenvalue weighted by atomic mass is 32.2. The van der Waals surface area contributed by atoms with Gasteiger partial charge in [0.25, 0.3) is 5.91 Å². The van der Waals surface area contributed by atoms with Gasteiger partial charge in [-0.25, -0.2) is 4.31 Å². The lowest BCUT2D eigenvalue weighted by atomic mass is 9.88. The summed E-state index contributed by atoms with van der Waals surface area (Å²) in [6.45, 7) is 3.48. The molecule has 1 N–H and O–H groups in total. The van der Waals surface area contributed by atoms with E-state index in [1.54, 1.807) is 44.2 Å². The SMILES string of the molecule is CC(C)=C1C(=O)N(S(=O)(=O)O)C1c1ccccc1. The standard InChI is InChI=1S/C12H13NO4S/c1-8(2)10-11(9-6-4-3-5-7-9)13(12(10)14)18(15,16)17/h3-7,11H,1-2H3,(H,15,16,17). The van der Waals surface area contributed by atoms with Crippen molar-refractivity contribution in [2.45, 2.75) is 19.9 Å². The predicted molar refractivity (Wildman–Crippen MR) is 66.0 cm³/mol. The van der Waals surface area contributed by atoms with Gasteiger partial charge in [0.1, 0.15) is 6.04 Å². The molecule has 1 fully saturated rings. The molecule has 6 heteroatoms. The number of benzene rings is 1. The summed E-state index contributed by atoms with van der Waals surface area (Å²) in [5, 5.41) is 0. The van der Waals surface area contributed by atoms with Crippen LogP contribution in [0.4, 0.5) is 0 Å². The molecule has 18 heavy (non-hydrogen) atoms. The zero-order valence-corrected chi connectivity index (χ0v) is 10.8. The van der Waals surface area contributed by atoms with Crippen LogP contribution in [0.5, 0.6) is 0 Å². The Balaban J connectivity index is 2.54. The first-order chi connectivity index (χ1) is 8.34. The van der Waals surface area contributed by atoms with Crippen molar-refractivity contribution < 1.29 is 17.8 Å². The minimum Gasteiger partial charge on any atom is -0.269 e. The smallest absolute Gasteiger partial charge is 0.269 e. The Bertz CT molecular complexity index is 615. The summed E-state index contributed by atoms with van der Waals surface area (Å²) >= 11 is 0. The van der Waals surface area contributed by atoms with E-state index in [1.807, 2.05) is 0 Å². The summed E-state index contributed by atoms with van der Waals surface area (Å²) in [6, 6.07) is 8.02. The second-order valence-corrected chi connectivity index (χ2v) is 5.59. The maximum absolute atomic E-state index is 11.8. The summed E-state index contributed by atoms with van der Waals surface area (Å²) < 4.78 is 32.0. The van der Waals surface area contributed by atoms with E-state index < -0.39 is 22.3 Å². The Kier molecular flexibility index (Phi) is 3.00. The molecule has 1 atom stereocenters. The fourth-order valence-electron chi connectivity index (χ4n) is 2.07. The van der Waals surface area contributed by atoms with E-state index in [0.717, 1.165) is 5.57 Å². The van der Waals surface area contributed by atoms with Gasteiger partial charge in [0.15, 0.2) is 0 Å². The van der Waals surface area contributed by atoms with Crippen LogP contribution in [-0.4, -0.2) is 23.2 Å². The number of hydrogen-bond donors (Lipinski definition) is 1. The lowest BCUT2D eigenvalue weighted by Crippen LogP contribution is -2.52. The minimum atomic E-state index is -4.53. The number of rotatable bonds is 2. The van der Waals surface area contributed by atoms with Gasteiger partial charge in [-0.2, -0.15) is 8.42 Å². The van der Waals surface area contributed by atoms with Gasteiger partial charge in [-0.3, -0.25) is 9.35 Å². The third-order valence-corrected chi connectivity index (χ3v) is 3.71. The maximum Gasteiger partial charge on any atom is 0.363 e. The molecule has 0 aliphatic carbocycles. The van der Waals surface area contributed by atoms with E-state index in [2.05, 4.69) is 0 Å². The van der Waals surface area contributed by atoms with Crippen molar-refractivity contribution in [3.8, 4) is 0 Å². The Hall–Kier alpha value is -1.66. The molecular weight excluding hydrogens is 254 g/mol. The molecule has 96 valence electrons. The van der Waals surface area contributed by atoms with Crippen molar-refractivity contribution in [3.63, 3.8) is 0 Å². The summed E-state index contributed by atoms with van der Waals surface area (Å²) in [5.41, 5.74) is 1.82. The van der Waals surface area contributed by atoms with Crippen LogP contribution < -0.4 is 0 Å². The lowest BCUT2D eigenvalue weighted by Gasteiger charge is -2.40. The van der Waals surface area contributed by atoms with Crippen molar-refractivity contribution in [1.29, 1.82) is 0 Å². The van der Waals surface area contributed by atoms with Crippen LogP contribution in [-0.2, 0) is 15.1 Å². The Morgan fingerprint density at radius 1 is 1.22 bits per heavy atom. The molecule has 0 bridgehead atoms. The summed E-state index contributed by atoms with van der Waals surface area (Å²) in [7, 11) is -4.53. The molecule has 2 rings (SSSR count). The minimum absolute atomic E-state index is 0.416. The van der Waals surface area contributed by atoms with E-state index in [4.69, 9.17) is 4.55 Å². The number of amides is 1. The molecule has 0 radical (unpaired) electrons. The molecule has 0 spiro atoms. The van der Waals surface area contributed by atoms with Crippen molar-refractivity contribution in [3.05, 3.63) is 47.0 Å². The van der Waals surface area contributed by atoms with Crippen molar-refractivity contribution in [2.24, 2.45) is 0 Å². The first-order valence-corrected chi connectivity index (χ1v) is 6.77. The van der Waals surface area contributed by atoms with Gasteiger partial charge < -0.3 is 0 Å². The average Bonchev–Trinajstić information content (AvgIpc) is 2.24. The van der Waals surface area contributed by atoms with Crippen LogP contribution in [0, 0.1) is 0 Å². The van der Waals surface area contributed by atoms with Gasteiger partial charge in [-0.15, -0.1) is 0 Å². The van der Waals surface area contributed by atoms with Gasteiger partial charge in [-0.05, 0) is 19.4 Å². The number of allylic oxidation sites excluding steroid dienone is 1. The molecule has 1 heterocycles. The quantitative estimate of drug-likeness (QED) is 0.503. The third kappa shape index (κ3) is 1.93. The lowest BCUT2D eigenvalue weighted by molar-refractivity contribution is -0.130. The summed E-state index contributed by atoms with van der Waals surface area (Å²) in [6.07, 6.45) is 0. The second kappa shape index (κ2) is 4.22. The highest BCUT2D eigenvalue weighted by molar-refractivity contribution is 7.84. The highest BCUT2D eigenvalue weighted by Crippen LogP contribution is 2.42. The molecule has 1 aromatic rings. The van der Waals surface area contributed by atoms with Crippen LogP contribution >= 0.6 is 0 Å². The molecule has 0 aromatic heterocycles. The zero-order chi connectivity index (χ0) is 13.5. The number of β-lactam (4-membered cyclic amide) rings is 1. The van der Waals surface area contributed by atoms with E-state index >= 15 is 0 Å². The van der Waals surface area contributed by atoms with Crippen molar-refractivity contribution >= 4 is 16.2 Å². The van der Waals surface area contributed by atoms with Gasteiger partial charge in [0.05, 0.1) is 0 Å². The monoisotopic (exact) mass is 267 g/mol. The Labute approximate surface area is 106 Å². The third-order valence-electron chi connectivity index (χ3n) is 2.84. The highest BCUT2D eigenvalue weighted by Gasteiger charge is 2.49. The molecule has 1 aliphatic heterocycles. The molecule has 1 amide bonds. The molecule has 5 nitrogen and oxygen atoms in total. The van der Waals surface area contributed by atoms with E-state index in [-0.39, 0.29) is 0 Å². The second-order valence-electron chi connectivity index (χ2n) is 4.31. The van der Waals surface area contributed by atoms with Crippen molar-refractivity contribution in [1.82, 2.24) is 4.31 Å². The normalized spacial score (nSPS) is 19.7. The Morgan fingerprint density at radius 2 is 1.78 bits per heavy atom. The van der Waals surface area contributed by atoms with Crippen LogP contribution in [0.3, 0.4) is 0 Å². The average molecular weight is 267 g/mol. The van der Waals surface area contributed by atoms with Gasteiger partial charge in [0, 0.05) is 5.57 Å². The fraction of sp³-hybridized carbons (Fsp3) is 0.250. The maximum atomic E-state index is 11.8. The van der Waals surface area contributed by atoms with Gasteiger partial charge >= 0.3 is 10.3 Å². The number of hydrogen-bond acceptors (Lipinski definition) is 3. The predicted octanol–water partition coefficient (Wildman–Crippen LogP) is 1.71. The van der Waals surface area contributed by atoms with Crippen LogP contribution in [0.2, 0.25) is 0 Å². The van der Waals surface area contributed by atoms with Crippen molar-refractivity contribution in [2.75, 3.05) is 0 Å². The number of carbonyl (C=O) groups excluding carboxylic acids is 1. The summed E-state index contributed by atoms with van der Waals surface area (Å²) in [4.78, 5) is 11.8. The summed E-state index contributed by atoms with van der Waals surface area (Å²) in [5.74, 6) is -0.661. The largest absolute Gasteiger partial charge is 0.363 e. The first kappa shape index (κ1) is 12.8. The van der Waals surface area contributed by atoms with Crippen LogP contribution in [0.1, 0.15) is 25.5 Å². The number of nitrogens with zero attached hydrogens (tertiary/aromatic N) is 1. The molecule has 1 aliphatic rings. The molecule has 1 saturated heterocycles. The van der Waals surface area contributed by atoms with Crippen LogP contribution in [0.15, 0.2) is 41.5 Å². The molecule has 0 saturated carbocycles. The molecule has 1 unspecified atom stereocenters. The zero-order valence-electron chi connectivity index (χ0n) is 9.99. The van der Waals surface area contributed by atoms with E-state index in [1.165, 1.54) is 0 Å². The van der Waals surface area contributed by atoms with Gasteiger partial charge in [-0.1, -0.05) is 35.9 Å². The first-order valence-electron chi connectivity index (χ1n) is 5.37. The van der Waals surface area contributed by atoms with Gasteiger partial charge in [0.2, 0.25) is 0 Å². The van der Waals surface area contributed by atoms with E-state index in [0.29, 0.717) is 15.4 Å². The van der Waals surface area contributed by atoms with Crippen LogP contribution in [0.25, 0.3) is 0 Å².